The number of carbonyl (C=O) groups excluding carboxylic acids is 1. The van der Waals surface area contributed by atoms with Gasteiger partial charge in [0.15, 0.2) is 5.11 Å². The van der Waals surface area contributed by atoms with Gasteiger partial charge in [-0.25, -0.2) is 4.79 Å². The van der Waals surface area contributed by atoms with E-state index in [1.165, 1.54) is 7.11 Å². The van der Waals surface area contributed by atoms with Gasteiger partial charge in [0.1, 0.15) is 5.76 Å². The number of nitrogens with one attached hydrogen (secondary N) is 1. The summed E-state index contributed by atoms with van der Waals surface area (Å²) in [4.78, 5) is 16.0. The monoisotopic (exact) mass is 381 g/mol. The van der Waals surface area contributed by atoms with Gasteiger partial charge in [0.25, 0.3) is 0 Å². The zero-order valence-electron chi connectivity index (χ0n) is 15.2. The number of thiocarbonyl (C=S) groups is 1. The van der Waals surface area contributed by atoms with Crippen LogP contribution in [0, 0.1) is 0 Å². The van der Waals surface area contributed by atoms with Crippen LogP contribution in [0.5, 0.6) is 0 Å². The maximum absolute atomic E-state index is 11.5. The second-order valence-electron chi connectivity index (χ2n) is 6.70. The van der Waals surface area contributed by atoms with Crippen LogP contribution in [0.3, 0.4) is 0 Å². The first-order valence-electron chi connectivity index (χ1n) is 9.19. The molecule has 3 heterocycles. The molecule has 0 spiro atoms. The Kier molecular flexibility index (Phi) is 6.87. The molecule has 144 valence electrons. The molecule has 0 radical (unpaired) electrons. The Hall–Kier alpha value is -1.64. The average molecular weight is 381 g/mol. The zero-order valence-corrected chi connectivity index (χ0v) is 16.1. The standard InChI is InChI=1S/C18H27N3O4S/c1-23-17(22)16-6-5-15(25-16)13-20-7-3-8-21(10-9-20)18(26)19-12-14-4-2-11-24-14/h5-6,14H,2-4,7-13H2,1H3,(H,19,26). The number of rotatable bonds is 5. The van der Waals surface area contributed by atoms with Crippen molar-refractivity contribution < 1.29 is 18.7 Å². The fourth-order valence-corrected chi connectivity index (χ4v) is 3.61. The molecule has 8 heteroatoms. The van der Waals surface area contributed by atoms with Crippen LogP contribution in [0.4, 0.5) is 0 Å². The molecule has 2 saturated heterocycles. The summed E-state index contributed by atoms with van der Waals surface area (Å²) in [6, 6.07) is 3.50. The third-order valence-electron chi connectivity index (χ3n) is 4.81. The molecular weight excluding hydrogens is 354 g/mol. The summed E-state index contributed by atoms with van der Waals surface area (Å²) < 4.78 is 15.9. The minimum Gasteiger partial charge on any atom is -0.463 e. The van der Waals surface area contributed by atoms with E-state index in [2.05, 4.69) is 19.9 Å². The molecule has 2 aliphatic heterocycles. The Balaban J connectivity index is 1.44. The smallest absolute Gasteiger partial charge is 0.373 e. The van der Waals surface area contributed by atoms with Crippen LogP contribution in [0.2, 0.25) is 0 Å². The lowest BCUT2D eigenvalue weighted by atomic mass is 10.2. The third-order valence-corrected chi connectivity index (χ3v) is 5.21. The van der Waals surface area contributed by atoms with Crippen LogP contribution in [0.15, 0.2) is 16.5 Å². The zero-order chi connectivity index (χ0) is 18.4. The highest BCUT2D eigenvalue weighted by Crippen LogP contribution is 2.14. The molecule has 0 aliphatic carbocycles. The van der Waals surface area contributed by atoms with Gasteiger partial charge >= 0.3 is 5.97 Å². The molecule has 0 aromatic carbocycles. The van der Waals surface area contributed by atoms with Crippen molar-refractivity contribution in [2.75, 3.05) is 46.4 Å². The van der Waals surface area contributed by atoms with Crippen molar-refractivity contribution in [1.82, 2.24) is 15.1 Å². The van der Waals surface area contributed by atoms with E-state index in [1.54, 1.807) is 6.07 Å². The van der Waals surface area contributed by atoms with Gasteiger partial charge in [-0.15, -0.1) is 0 Å². The predicted octanol–water partition coefficient (Wildman–Crippen LogP) is 1.63. The molecule has 0 saturated carbocycles. The number of hydrogen-bond acceptors (Lipinski definition) is 6. The summed E-state index contributed by atoms with van der Waals surface area (Å²) in [5, 5.41) is 4.17. The predicted molar refractivity (Wildman–Crippen MR) is 101 cm³/mol. The highest BCUT2D eigenvalue weighted by molar-refractivity contribution is 7.80. The van der Waals surface area contributed by atoms with E-state index in [0.717, 1.165) is 69.5 Å². The summed E-state index contributed by atoms with van der Waals surface area (Å²) in [6.07, 6.45) is 3.58. The van der Waals surface area contributed by atoms with E-state index < -0.39 is 5.97 Å². The van der Waals surface area contributed by atoms with Gasteiger partial charge in [-0.2, -0.15) is 0 Å². The Bertz CT molecular complexity index is 615. The van der Waals surface area contributed by atoms with Crippen LogP contribution in [-0.4, -0.2) is 73.4 Å². The normalized spacial score (nSPS) is 21.4. The van der Waals surface area contributed by atoms with Gasteiger partial charge in [-0.05, 0) is 43.6 Å². The van der Waals surface area contributed by atoms with E-state index in [4.69, 9.17) is 21.4 Å². The Labute approximate surface area is 159 Å². The van der Waals surface area contributed by atoms with Crippen LogP contribution in [-0.2, 0) is 16.0 Å². The minimum absolute atomic E-state index is 0.249. The Morgan fingerprint density at radius 3 is 2.96 bits per heavy atom. The maximum atomic E-state index is 11.5. The number of ether oxygens (including phenoxy) is 2. The summed E-state index contributed by atoms with van der Waals surface area (Å²) in [7, 11) is 1.35. The molecule has 26 heavy (non-hydrogen) atoms. The number of methoxy groups -OCH3 is 1. The fraction of sp³-hybridized carbons (Fsp3) is 0.667. The third kappa shape index (κ3) is 5.18. The summed E-state index contributed by atoms with van der Waals surface area (Å²) in [5.41, 5.74) is 0. The van der Waals surface area contributed by atoms with Gasteiger partial charge in [0.2, 0.25) is 5.76 Å². The quantitative estimate of drug-likeness (QED) is 0.610. The van der Waals surface area contributed by atoms with E-state index in [1.807, 2.05) is 6.07 Å². The number of esters is 1. The summed E-state index contributed by atoms with van der Waals surface area (Å²) in [5.74, 6) is 0.581. The van der Waals surface area contributed by atoms with Crippen LogP contribution in [0.25, 0.3) is 0 Å². The number of nitrogens with zero attached hydrogens (tertiary/aromatic N) is 2. The first-order valence-corrected chi connectivity index (χ1v) is 9.60. The molecular formula is C18H27N3O4S. The summed E-state index contributed by atoms with van der Waals surface area (Å²) in [6.45, 7) is 6.03. The van der Waals surface area contributed by atoms with Gasteiger partial charge in [-0.3, -0.25) is 4.90 Å². The number of furan rings is 1. The van der Waals surface area contributed by atoms with Crippen molar-refractivity contribution in [2.24, 2.45) is 0 Å². The van der Waals surface area contributed by atoms with Crippen molar-refractivity contribution in [1.29, 1.82) is 0 Å². The Morgan fingerprint density at radius 2 is 2.19 bits per heavy atom. The van der Waals surface area contributed by atoms with Crippen LogP contribution < -0.4 is 5.32 Å². The van der Waals surface area contributed by atoms with Gasteiger partial charge in [0.05, 0.1) is 19.8 Å². The van der Waals surface area contributed by atoms with Crippen molar-refractivity contribution in [3.05, 3.63) is 23.7 Å². The van der Waals surface area contributed by atoms with E-state index in [0.29, 0.717) is 12.6 Å². The number of carbonyl (C=O) groups is 1. The lowest BCUT2D eigenvalue weighted by Gasteiger charge is -2.25. The van der Waals surface area contributed by atoms with Crippen molar-refractivity contribution in [3.8, 4) is 0 Å². The van der Waals surface area contributed by atoms with E-state index in [9.17, 15) is 4.79 Å². The first kappa shape index (κ1) is 19.1. The second-order valence-corrected chi connectivity index (χ2v) is 7.08. The van der Waals surface area contributed by atoms with Gasteiger partial charge in [0, 0.05) is 39.3 Å². The molecule has 1 unspecified atom stereocenters. The molecule has 2 fully saturated rings. The molecule has 1 aromatic heterocycles. The first-order chi connectivity index (χ1) is 12.7. The molecule has 3 rings (SSSR count). The summed E-state index contributed by atoms with van der Waals surface area (Å²) >= 11 is 5.55. The van der Waals surface area contributed by atoms with E-state index in [-0.39, 0.29) is 5.76 Å². The second kappa shape index (κ2) is 9.34. The van der Waals surface area contributed by atoms with Crippen LogP contribution >= 0.6 is 12.2 Å². The molecule has 1 N–H and O–H groups in total. The SMILES string of the molecule is COC(=O)c1ccc(CN2CCCN(C(=S)NCC3CCCO3)CC2)o1. The van der Waals surface area contributed by atoms with Gasteiger partial charge < -0.3 is 24.1 Å². The maximum Gasteiger partial charge on any atom is 0.373 e. The largest absolute Gasteiger partial charge is 0.463 e. The lowest BCUT2D eigenvalue weighted by molar-refractivity contribution is 0.0561. The van der Waals surface area contributed by atoms with Crippen LogP contribution in [0.1, 0.15) is 35.6 Å². The van der Waals surface area contributed by atoms with E-state index >= 15 is 0 Å². The van der Waals surface area contributed by atoms with Crippen molar-refractivity contribution >= 4 is 23.3 Å². The number of hydrogen-bond donors (Lipinski definition) is 1. The van der Waals surface area contributed by atoms with Gasteiger partial charge in [-0.1, -0.05) is 0 Å². The lowest BCUT2D eigenvalue weighted by Crippen LogP contribution is -2.44. The fourth-order valence-electron chi connectivity index (χ4n) is 3.34. The Morgan fingerprint density at radius 1 is 1.31 bits per heavy atom. The minimum atomic E-state index is -0.444. The van der Waals surface area contributed by atoms with Crippen molar-refractivity contribution in [2.45, 2.75) is 31.9 Å². The molecule has 0 amide bonds. The molecule has 2 aliphatic rings. The molecule has 1 aromatic rings. The van der Waals surface area contributed by atoms with Crippen molar-refractivity contribution in [3.63, 3.8) is 0 Å². The molecule has 7 nitrogen and oxygen atoms in total. The average Bonchev–Trinajstić information content (AvgIpc) is 3.28. The topological polar surface area (TPSA) is 67.2 Å². The molecule has 1 atom stereocenters. The highest BCUT2D eigenvalue weighted by atomic mass is 32.1. The highest BCUT2D eigenvalue weighted by Gasteiger charge is 2.20. The molecule has 0 bridgehead atoms.